The SMILES string of the molecule is Cn1ccc(C(=O)Nc2cccc(CO)c2)cc1=O. The van der Waals surface area contributed by atoms with E-state index in [-0.39, 0.29) is 18.1 Å². The molecule has 1 amide bonds. The van der Waals surface area contributed by atoms with Gasteiger partial charge in [0, 0.05) is 30.6 Å². The summed E-state index contributed by atoms with van der Waals surface area (Å²) in [6.45, 7) is -0.0877. The van der Waals surface area contributed by atoms with Crippen molar-refractivity contribution in [3.05, 3.63) is 64.1 Å². The minimum Gasteiger partial charge on any atom is -0.392 e. The lowest BCUT2D eigenvalue weighted by Gasteiger charge is -2.07. The Morgan fingerprint density at radius 2 is 2.11 bits per heavy atom. The van der Waals surface area contributed by atoms with Crippen LogP contribution in [0.5, 0.6) is 0 Å². The zero-order valence-electron chi connectivity index (χ0n) is 10.5. The zero-order valence-corrected chi connectivity index (χ0v) is 10.5. The molecule has 1 aromatic carbocycles. The van der Waals surface area contributed by atoms with E-state index in [2.05, 4.69) is 5.32 Å². The number of hydrogen-bond donors (Lipinski definition) is 2. The summed E-state index contributed by atoms with van der Waals surface area (Å²) in [5.74, 6) is -0.354. The summed E-state index contributed by atoms with van der Waals surface area (Å²) in [4.78, 5) is 23.4. The molecule has 0 bridgehead atoms. The number of pyridine rings is 1. The van der Waals surface area contributed by atoms with Gasteiger partial charge in [0.05, 0.1) is 6.61 Å². The van der Waals surface area contributed by atoms with E-state index in [0.717, 1.165) is 0 Å². The molecule has 0 saturated carbocycles. The maximum absolute atomic E-state index is 12.0. The molecule has 0 saturated heterocycles. The predicted molar refractivity (Wildman–Crippen MR) is 72.0 cm³/mol. The molecule has 0 aliphatic rings. The largest absolute Gasteiger partial charge is 0.392 e. The van der Waals surface area contributed by atoms with Gasteiger partial charge >= 0.3 is 0 Å². The van der Waals surface area contributed by atoms with Crippen molar-refractivity contribution in [1.29, 1.82) is 0 Å². The molecular formula is C14H14N2O3. The van der Waals surface area contributed by atoms with Crippen LogP contribution in [0, 0.1) is 0 Å². The molecule has 5 nitrogen and oxygen atoms in total. The van der Waals surface area contributed by atoms with E-state index in [1.54, 1.807) is 43.6 Å². The highest BCUT2D eigenvalue weighted by Gasteiger charge is 2.07. The maximum atomic E-state index is 12.0. The first-order valence-corrected chi connectivity index (χ1v) is 5.78. The lowest BCUT2D eigenvalue weighted by molar-refractivity contribution is 0.102. The Balaban J connectivity index is 2.20. The number of carbonyl (C=O) groups is 1. The number of carbonyl (C=O) groups excluding carboxylic acids is 1. The molecule has 0 aliphatic heterocycles. The Morgan fingerprint density at radius 3 is 2.79 bits per heavy atom. The van der Waals surface area contributed by atoms with E-state index < -0.39 is 0 Å². The first-order valence-electron chi connectivity index (χ1n) is 5.78. The highest BCUT2D eigenvalue weighted by Crippen LogP contribution is 2.11. The highest BCUT2D eigenvalue weighted by molar-refractivity contribution is 6.04. The van der Waals surface area contributed by atoms with Gasteiger partial charge in [0.25, 0.3) is 11.5 Å². The first-order chi connectivity index (χ1) is 9.10. The van der Waals surface area contributed by atoms with Crippen molar-refractivity contribution in [2.45, 2.75) is 6.61 Å². The second kappa shape index (κ2) is 5.49. The predicted octanol–water partition coefficient (Wildman–Crippen LogP) is 1.13. The minimum atomic E-state index is -0.354. The van der Waals surface area contributed by atoms with E-state index in [4.69, 9.17) is 5.11 Å². The number of aromatic nitrogens is 1. The molecule has 1 aromatic heterocycles. The molecule has 2 rings (SSSR count). The monoisotopic (exact) mass is 258 g/mol. The van der Waals surface area contributed by atoms with Gasteiger partial charge in [-0.25, -0.2) is 0 Å². The summed E-state index contributed by atoms with van der Waals surface area (Å²) >= 11 is 0. The molecule has 0 spiro atoms. The average Bonchev–Trinajstić information content (AvgIpc) is 2.42. The van der Waals surface area contributed by atoms with Gasteiger partial charge in [-0.1, -0.05) is 12.1 Å². The third-order valence-electron chi connectivity index (χ3n) is 2.73. The van der Waals surface area contributed by atoms with Gasteiger partial charge in [0.1, 0.15) is 0 Å². The van der Waals surface area contributed by atoms with Gasteiger partial charge in [0.2, 0.25) is 0 Å². The number of anilines is 1. The lowest BCUT2D eigenvalue weighted by atomic mass is 10.2. The van der Waals surface area contributed by atoms with Gasteiger partial charge in [0.15, 0.2) is 0 Å². The zero-order chi connectivity index (χ0) is 13.8. The summed E-state index contributed by atoms with van der Waals surface area (Å²) in [6.07, 6.45) is 1.54. The van der Waals surface area contributed by atoms with E-state index in [9.17, 15) is 9.59 Å². The molecule has 0 fully saturated rings. The van der Waals surface area contributed by atoms with Crippen LogP contribution in [-0.2, 0) is 13.7 Å². The van der Waals surface area contributed by atoms with Gasteiger partial charge < -0.3 is 15.0 Å². The number of nitrogens with zero attached hydrogens (tertiary/aromatic N) is 1. The number of aliphatic hydroxyl groups excluding tert-OH is 1. The van der Waals surface area contributed by atoms with E-state index in [0.29, 0.717) is 16.8 Å². The van der Waals surface area contributed by atoms with Crippen LogP contribution in [0.25, 0.3) is 0 Å². The highest BCUT2D eigenvalue weighted by atomic mass is 16.3. The topological polar surface area (TPSA) is 71.3 Å². The van der Waals surface area contributed by atoms with E-state index in [1.165, 1.54) is 10.6 Å². The van der Waals surface area contributed by atoms with E-state index in [1.807, 2.05) is 0 Å². The Morgan fingerprint density at radius 1 is 1.32 bits per heavy atom. The van der Waals surface area contributed by atoms with Crippen molar-refractivity contribution in [1.82, 2.24) is 4.57 Å². The molecule has 0 radical (unpaired) electrons. The van der Waals surface area contributed by atoms with Gasteiger partial charge in [-0.3, -0.25) is 9.59 Å². The summed E-state index contributed by atoms with van der Waals surface area (Å²) in [7, 11) is 1.62. The minimum absolute atomic E-state index is 0.0877. The smallest absolute Gasteiger partial charge is 0.255 e. The number of amides is 1. The number of hydrogen-bond acceptors (Lipinski definition) is 3. The number of nitrogens with one attached hydrogen (secondary N) is 1. The third kappa shape index (κ3) is 3.08. The average molecular weight is 258 g/mol. The van der Waals surface area contributed by atoms with Crippen molar-refractivity contribution in [3.63, 3.8) is 0 Å². The molecular weight excluding hydrogens is 244 g/mol. The van der Waals surface area contributed by atoms with Crippen LogP contribution in [0.1, 0.15) is 15.9 Å². The Kier molecular flexibility index (Phi) is 3.77. The van der Waals surface area contributed by atoms with E-state index >= 15 is 0 Å². The molecule has 1 heterocycles. The second-order valence-electron chi connectivity index (χ2n) is 4.18. The molecule has 0 unspecified atom stereocenters. The van der Waals surface area contributed by atoms with Gasteiger partial charge in [-0.05, 0) is 23.8 Å². The molecule has 98 valence electrons. The summed E-state index contributed by atoms with van der Waals surface area (Å²) in [5, 5.41) is 11.7. The fourth-order valence-electron chi connectivity index (χ4n) is 1.64. The molecule has 0 atom stereocenters. The maximum Gasteiger partial charge on any atom is 0.255 e. The van der Waals surface area contributed by atoms with Crippen molar-refractivity contribution < 1.29 is 9.90 Å². The number of aliphatic hydroxyl groups is 1. The van der Waals surface area contributed by atoms with Crippen LogP contribution >= 0.6 is 0 Å². The quantitative estimate of drug-likeness (QED) is 0.867. The molecule has 2 N–H and O–H groups in total. The lowest BCUT2D eigenvalue weighted by Crippen LogP contribution is -2.20. The van der Waals surface area contributed by atoms with Gasteiger partial charge in [-0.2, -0.15) is 0 Å². The molecule has 2 aromatic rings. The first kappa shape index (κ1) is 13.0. The Hall–Kier alpha value is -2.40. The summed E-state index contributed by atoms with van der Waals surface area (Å²) < 4.78 is 1.39. The number of benzene rings is 1. The third-order valence-corrected chi connectivity index (χ3v) is 2.73. The van der Waals surface area contributed by atoms with Crippen molar-refractivity contribution >= 4 is 11.6 Å². The Labute approximate surface area is 110 Å². The van der Waals surface area contributed by atoms with Crippen LogP contribution in [0.15, 0.2) is 47.4 Å². The standard InChI is InChI=1S/C14H14N2O3/c1-16-6-5-11(8-13(16)18)14(19)15-12-4-2-3-10(7-12)9-17/h2-8,17H,9H2,1H3,(H,15,19). The van der Waals surface area contributed by atoms with Crippen molar-refractivity contribution in [2.75, 3.05) is 5.32 Å². The normalized spacial score (nSPS) is 10.2. The number of aryl methyl sites for hydroxylation is 1. The van der Waals surface area contributed by atoms with Gasteiger partial charge in [-0.15, -0.1) is 0 Å². The van der Waals surface area contributed by atoms with Crippen LogP contribution in [0.4, 0.5) is 5.69 Å². The van der Waals surface area contributed by atoms with Crippen LogP contribution in [0.2, 0.25) is 0 Å². The summed E-state index contributed by atoms with van der Waals surface area (Å²) in [5.41, 5.74) is 1.35. The number of rotatable bonds is 3. The van der Waals surface area contributed by atoms with Crippen LogP contribution < -0.4 is 10.9 Å². The molecule has 19 heavy (non-hydrogen) atoms. The van der Waals surface area contributed by atoms with Crippen molar-refractivity contribution in [3.8, 4) is 0 Å². The van der Waals surface area contributed by atoms with Crippen LogP contribution in [0.3, 0.4) is 0 Å². The molecule has 5 heteroatoms. The van der Waals surface area contributed by atoms with Crippen LogP contribution in [-0.4, -0.2) is 15.6 Å². The fraction of sp³-hybridized carbons (Fsp3) is 0.143. The molecule has 0 aliphatic carbocycles. The Bertz CT molecular complexity index is 662. The second-order valence-corrected chi connectivity index (χ2v) is 4.18. The summed E-state index contributed by atoms with van der Waals surface area (Å²) in [6, 6.07) is 9.76. The fourth-order valence-corrected chi connectivity index (χ4v) is 1.64. The van der Waals surface area contributed by atoms with Crippen molar-refractivity contribution in [2.24, 2.45) is 7.05 Å².